The van der Waals surface area contributed by atoms with E-state index >= 15 is 0 Å². The fourth-order valence-electron chi connectivity index (χ4n) is 3.36. The fourth-order valence-corrected chi connectivity index (χ4v) is 3.36. The second-order valence-corrected chi connectivity index (χ2v) is 5.45. The Morgan fingerprint density at radius 1 is 1.32 bits per heavy atom. The van der Waals surface area contributed by atoms with Crippen molar-refractivity contribution in [2.24, 2.45) is 5.92 Å². The Kier molecular flexibility index (Phi) is 3.49. The first-order valence-corrected chi connectivity index (χ1v) is 6.99. The van der Waals surface area contributed by atoms with Crippen LogP contribution < -0.4 is 5.32 Å². The minimum absolute atomic E-state index is 0.478. The Labute approximate surface area is 114 Å². The molecule has 0 radical (unpaired) electrons. The smallest absolute Gasteiger partial charge is 0.0749 e. The van der Waals surface area contributed by atoms with E-state index in [4.69, 9.17) is 0 Å². The predicted octanol–water partition coefficient (Wildman–Crippen LogP) is 2.45. The van der Waals surface area contributed by atoms with E-state index in [9.17, 15) is 0 Å². The van der Waals surface area contributed by atoms with Crippen molar-refractivity contribution in [1.29, 1.82) is 0 Å². The molecule has 2 heterocycles. The number of fused-ring (bicyclic) bond motifs is 1. The zero-order valence-electron chi connectivity index (χ0n) is 11.6. The van der Waals surface area contributed by atoms with Gasteiger partial charge in [-0.15, -0.1) is 0 Å². The molecule has 3 rings (SSSR count). The lowest BCUT2D eigenvalue weighted by Crippen LogP contribution is -2.27. The van der Waals surface area contributed by atoms with Crippen LogP contribution in [-0.2, 0) is 0 Å². The van der Waals surface area contributed by atoms with Crippen LogP contribution in [0.5, 0.6) is 0 Å². The number of pyridine rings is 1. The SMILES string of the molecule is CNCC1CCN(C)C1c1cccc2cccnc12. The highest BCUT2D eigenvalue weighted by atomic mass is 15.2. The lowest BCUT2D eigenvalue weighted by atomic mass is 9.92. The number of likely N-dealkylation sites (tertiary alicyclic amines) is 1. The van der Waals surface area contributed by atoms with Crippen molar-refractivity contribution >= 4 is 10.9 Å². The van der Waals surface area contributed by atoms with Gasteiger partial charge in [0, 0.05) is 17.6 Å². The molecule has 2 atom stereocenters. The molecule has 1 saturated heterocycles. The number of nitrogens with zero attached hydrogens (tertiary/aromatic N) is 2. The molecule has 19 heavy (non-hydrogen) atoms. The molecule has 3 heteroatoms. The van der Waals surface area contributed by atoms with Crippen LogP contribution in [-0.4, -0.2) is 37.1 Å². The second-order valence-electron chi connectivity index (χ2n) is 5.45. The molecular weight excluding hydrogens is 234 g/mol. The summed E-state index contributed by atoms with van der Waals surface area (Å²) in [7, 11) is 4.26. The zero-order chi connectivity index (χ0) is 13.2. The lowest BCUT2D eigenvalue weighted by Gasteiger charge is -2.26. The molecule has 100 valence electrons. The highest BCUT2D eigenvalue weighted by Crippen LogP contribution is 2.38. The Balaban J connectivity index is 2.07. The van der Waals surface area contributed by atoms with Gasteiger partial charge in [0.25, 0.3) is 0 Å². The molecule has 0 aliphatic carbocycles. The highest BCUT2D eigenvalue weighted by molar-refractivity contribution is 5.82. The number of hydrogen-bond donors (Lipinski definition) is 1. The Bertz CT molecular complexity index is 559. The molecule has 1 aliphatic rings. The van der Waals surface area contributed by atoms with E-state index in [1.807, 2.05) is 19.3 Å². The van der Waals surface area contributed by atoms with Gasteiger partial charge in [-0.05, 0) is 51.2 Å². The third-order valence-electron chi connectivity index (χ3n) is 4.22. The maximum Gasteiger partial charge on any atom is 0.0749 e. The van der Waals surface area contributed by atoms with Crippen molar-refractivity contribution in [1.82, 2.24) is 15.2 Å². The number of benzene rings is 1. The van der Waals surface area contributed by atoms with Crippen LogP contribution in [0.3, 0.4) is 0 Å². The first kappa shape index (κ1) is 12.6. The Hall–Kier alpha value is -1.45. The van der Waals surface area contributed by atoms with Gasteiger partial charge in [0.05, 0.1) is 5.52 Å². The van der Waals surface area contributed by atoms with E-state index < -0.39 is 0 Å². The predicted molar refractivity (Wildman–Crippen MR) is 79.1 cm³/mol. The van der Waals surface area contributed by atoms with E-state index in [2.05, 4.69) is 46.5 Å². The van der Waals surface area contributed by atoms with E-state index in [0.717, 1.165) is 12.1 Å². The second kappa shape index (κ2) is 5.27. The van der Waals surface area contributed by atoms with Crippen LogP contribution in [0.2, 0.25) is 0 Å². The number of nitrogens with one attached hydrogen (secondary N) is 1. The quantitative estimate of drug-likeness (QED) is 0.913. The summed E-state index contributed by atoms with van der Waals surface area (Å²) in [5.41, 5.74) is 2.53. The first-order valence-electron chi connectivity index (χ1n) is 6.99. The summed E-state index contributed by atoms with van der Waals surface area (Å²) < 4.78 is 0. The molecule has 1 aliphatic heterocycles. The Morgan fingerprint density at radius 3 is 3.00 bits per heavy atom. The molecule has 1 fully saturated rings. The summed E-state index contributed by atoms with van der Waals surface area (Å²) in [6.45, 7) is 2.23. The molecule has 0 bridgehead atoms. The zero-order valence-corrected chi connectivity index (χ0v) is 11.6. The van der Waals surface area contributed by atoms with Gasteiger partial charge >= 0.3 is 0 Å². The standard InChI is InChI=1S/C16H21N3/c1-17-11-13-8-10-19(2)16(13)14-7-3-5-12-6-4-9-18-15(12)14/h3-7,9,13,16-17H,8,10-11H2,1-2H3. The largest absolute Gasteiger partial charge is 0.319 e. The lowest BCUT2D eigenvalue weighted by molar-refractivity contribution is 0.276. The van der Waals surface area contributed by atoms with Gasteiger partial charge in [-0.1, -0.05) is 24.3 Å². The Morgan fingerprint density at radius 2 is 2.16 bits per heavy atom. The van der Waals surface area contributed by atoms with Gasteiger partial charge in [-0.25, -0.2) is 0 Å². The molecular formula is C16H21N3. The number of hydrogen-bond acceptors (Lipinski definition) is 3. The average molecular weight is 255 g/mol. The van der Waals surface area contributed by atoms with Gasteiger partial charge < -0.3 is 5.32 Å². The van der Waals surface area contributed by atoms with Gasteiger partial charge in [0.1, 0.15) is 0 Å². The summed E-state index contributed by atoms with van der Waals surface area (Å²) in [6.07, 6.45) is 3.15. The van der Waals surface area contributed by atoms with Crippen LogP contribution in [0.15, 0.2) is 36.5 Å². The third kappa shape index (κ3) is 2.24. The molecule has 1 aromatic heterocycles. The van der Waals surface area contributed by atoms with Crippen molar-refractivity contribution in [2.75, 3.05) is 27.2 Å². The van der Waals surface area contributed by atoms with E-state index in [-0.39, 0.29) is 0 Å². The van der Waals surface area contributed by atoms with Gasteiger partial charge in [-0.2, -0.15) is 0 Å². The number of rotatable bonds is 3. The van der Waals surface area contributed by atoms with Gasteiger partial charge in [-0.3, -0.25) is 9.88 Å². The molecule has 2 aromatic rings. The third-order valence-corrected chi connectivity index (χ3v) is 4.22. The molecule has 1 aromatic carbocycles. The summed E-state index contributed by atoms with van der Waals surface area (Å²) in [6, 6.07) is 11.2. The van der Waals surface area contributed by atoms with Crippen LogP contribution in [0.1, 0.15) is 18.0 Å². The topological polar surface area (TPSA) is 28.2 Å². The number of aromatic nitrogens is 1. The van der Waals surface area contributed by atoms with Crippen molar-refractivity contribution in [3.05, 3.63) is 42.1 Å². The molecule has 2 unspecified atom stereocenters. The fraction of sp³-hybridized carbons (Fsp3) is 0.438. The number of para-hydroxylation sites is 1. The summed E-state index contributed by atoms with van der Waals surface area (Å²) in [5, 5.41) is 4.57. The summed E-state index contributed by atoms with van der Waals surface area (Å²) in [4.78, 5) is 7.07. The van der Waals surface area contributed by atoms with Crippen LogP contribution in [0.25, 0.3) is 10.9 Å². The highest BCUT2D eigenvalue weighted by Gasteiger charge is 2.33. The van der Waals surface area contributed by atoms with E-state index in [1.165, 1.54) is 23.9 Å². The van der Waals surface area contributed by atoms with Crippen molar-refractivity contribution in [2.45, 2.75) is 12.5 Å². The van der Waals surface area contributed by atoms with Crippen LogP contribution >= 0.6 is 0 Å². The minimum atomic E-state index is 0.478. The van der Waals surface area contributed by atoms with Crippen molar-refractivity contribution < 1.29 is 0 Å². The molecule has 3 nitrogen and oxygen atoms in total. The monoisotopic (exact) mass is 255 g/mol. The van der Waals surface area contributed by atoms with Crippen LogP contribution in [0, 0.1) is 5.92 Å². The van der Waals surface area contributed by atoms with Gasteiger partial charge in [0.2, 0.25) is 0 Å². The summed E-state index contributed by atoms with van der Waals surface area (Å²) in [5.74, 6) is 0.669. The molecule has 1 N–H and O–H groups in total. The van der Waals surface area contributed by atoms with E-state index in [0.29, 0.717) is 12.0 Å². The molecule has 0 saturated carbocycles. The molecule has 0 amide bonds. The first-order chi connectivity index (χ1) is 9.31. The van der Waals surface area contributed by atoms with Gasteiger partial charge in [0.15, 0.2) is 0 Å². The minimum Gasteiger partial charge on any atom is -0.319 e. The van der Waals surface area contributed by atoms with E-state index in [1.54, 1.807) is 0 Å². The van der Waals surface area contributed by atoms with Crippen molar-refractivity contribution in [3.63, 3.8) is 0 Å². The van der Waals surface area contributed by atoms with Crippen molar-refractivity contribution in [3.8, 4) is 0 Å². The maximum absolute atomic E-state index is 4.61. The maximum atomic E-state index is 4.61. The normalized spacial score (nSPS) is 24.1. The average Bonchev–Trinajstić information content (AvgIpc) is 2.80. The summed E-state index contributed by atoms with van der Waals surface area (Å²) >= 11 is 0. The van der Waals surface area contributed by atoms with Crippen LogP contribution in [0.4, 0.5) is 0 Å². The molecule has 0 spiro atoms.